The maximum absolute atomic E-state index is 13.8. The van der Waals surface area contributed by atoms with Crippen LogP contribution in [0.4, 0.5) is 5.69 Å². The van der Waals surface area contributed by atoms with Crippen molar-refractivity contribution in [2.45, 2.75) is 51.7 Å². The van der Waals surface area contributed by atoms with Gasteiger partial charge >= 0.3 is 0 Å². The highest BCUT2D eigenvalue weighted by atomic mass is 35.5. The molecule has 0 fully saturated rings. The number of halogens is 2. The highest BCUT2D eigenvalue weighted by molar-refractivity contribution is 7.92. The lowest BCUT2D eigenvalue weighted by molar-refractivity contribution is -0.141. The van der Waals surface area contributed by atoms with Crippen molar-refractivity contribution in [1.82, 2.24) is 10.2 Å². The van der Waals surface area contributed by atoms with Crippen LogP contribution in [0.1, 0.15) is 37.8 Å². The Kier molecular flexibility index (Phi) is 11.4. The monoisotopic (exact) mass is 603 g/mol. The molecule has 40 heavy (non-hydrogen) atoms. The summed E-state index contributed by atoms with van der Waals surface area (Å²) in [6.07, 6.45) is 1.66. The van der Waals surface area contributed by atoms with E-state index in [0.29, 0.717) is 11.4 Å². The summed E-state index contributed by atoms with van der Waals surface area (Å²) in [7, 11) is -3.71. The van der Waals surface area contributed by atoms with Crippen molar-refractivity contribution in [3.8, 4) is 0 Å². The minimum atomic E-state index is -3.71. The van der Waals surface area contributed by atoms with E-state index < -0.39 is 16.1 Å². The van der Waals surface area contributed by atoms with Gasteiger partial charge in [-0.25, -0.2) is 8.42 Å². The average molecular weight is 605 g/mol. The molecule has 1 unspecified atom stereocenters. The van der Waals surface area contributed by atoms with Crippen molar-refractivity contribution >= 4 is 50.7 Å². The molecule has 3 aromatic carbocycles. The number of hydrogen-bond donors (Lipinski definition) is 1. The number of sulfonamides is 1. The topological polar surface area (TPSA) is 86.8 Å². The molecule has 0 aliphatic heterocycles. The van der Waals surface area contributed by atoms with Crippen LogP contribution in [0.25, 0.3) is 0 Å². The van der Waals surface area contributed by atoms with E-state index in [1.165, 1.54) is 12.1 Å². The lowest BCUT2D eigenvalue weighted by Crippen LogP contribution is -2.51. The summed E-state index contributed by atoms with van der Waals surface area (Å²) in [5.41, 5.74) is 2.06. The minimum Gasteiger partial charge on any atom is -0.352 e. The van der Waals surface area contributed by atoms with Gasteiger partial charge in [-0.15, -0.1) is 0 Å². The van der Waals surface area contributed by atoms with E-state index in [0.717, 1.165) is 21.7 Å². The van der Waals surface area contributed by atoms with Crippen LogP contribution >= 0.6 is 23.2 Å². The molecule has 7 nitrogen and oxygen atoms in total. The quantitative estimate of drug-likeness (QED) is 0.271. The number of hydrogen-bond acceptors (Lipinski definition) is 4. The summed E-state index contributed by atoms with van der Waals surface area (Å²) < 4.78 is 26.4. The van der Waals surface area contributed by atoms with Crippen molar-refractivity contribution in [2.75, 3.05) is 17.1 Å². The molecule has 0 heterocycles. The van der Waals surface area contributed by atoms with Crippen LogP contribution in [-0.2, 0) is 32.6 Å². The Hall–Kier alpha value is -3.07. The Balaban J connectivity index is 1.88. The van der Waals surface area contributed by atoms with Gasteiger partial charge in [0.05, 0.1) is 17.0 Å². The highest BCUT2D eigenvalue weighted by Crippen LogP contribution is 2.31. The Morgan fingerprint density at radius 2 is 1.50 bits per heavy atom. The Morgan fingerprint density at radius 3 is 2.08 bits per heavy atom. The molecule has 214 valence electrons. The van der Waals surface area contributed by atoms with Crippen LogP contribution in [0.5, 0.6) is 0 Å². The molecule has 0 bridgehead atoms. The van der Waals surface area contributed by atoms with Crippen LogP contribution < -0.4 is 9.62 Å². The summed E-state index contributed by atoms with van der Waals surface area (Å²) in [5, 5.41) is 3.55. The Bertz CT molecular complexity index is 1390. The first-order chi connectivity index (χ1) is 19.0. The van der Waals surface area contributed by atoms with Gasteiger partial charge in [-0.3, -0.25) is 13.9 Å². The Morgan fingerprint density at radius 1 is 0.900 bits per heavy atom. The molecule has 10 heteroatoms. The molecule has 0 aliphatic carbocycles. The predicted octanol–water partition coefficient (Wildman–Crippen LogP) is 5.70. The summed E-state index contributed by atoms with van der Waals surface area (Å²) in [4.78, 5) is 28.8. The molecule has 1 N–H and O–H groups in total. The fourth-order valence-corrected chi connectivity index (χ4v) is 5.78. The second-order valence-corrected chi connectivity index (χ2v) is 12.7. The maximum Gasteiger partial charge on any atom is 0.243 e. The van der Waals surface area contributed by atoms with Crippen LogP contribution in [-0.4, -0.2) is 50.0 Å². The van der Waals surface area contributed by atoms with Crippen LogP contribution in [0, 0.1) is 0 Å². The molecule has 0 saturated carbocycles. The summed E-state index contributed by atoms with van der Waals surface area (Å²) in [6, 6.07) is 22.8. The molecular weight excluding hydrogens is 569 g/mol. The molecular formula is C30H35Cl2N3O4S. The van der Waals surface area contributed by atoms with Gasteiger partial charge in [0.1, 0.15) is 6.04 Å². The van der Waals surface area contributed by atoms with Gasteiger partial charge in [0, 0.05) is 37.0 Å². The lowest BCUT2D eigenvalue weighted by atomic mass is 10.0. The first-order valence-electron chi connectivity index (χ1n) is 13.1. The number of carbonyl (C=O) groups is 2. The summed E-state index contributed by atoms with van der Waals surface area (Å²) >= 11 is 12.4. The third-order valence-corrected chi connectivity index (χ3v) is 7.96. The van der Waals surface area contributed by atoms with Crippen molar-refractivity contribution in [3.63, 3.8) is 0 Å². The minimum absolute atomic E-state index is 0.0192. The van der Waals surface area contributed by atoms with E-state index in [9.17, 15) is 18.0 Å². The van der Waals surface area contributed by atoms with Crippen LogP contribution in [0.15, 0.2) is 78.9 Å². The van der Waals surface area contributed by atoms with Gasteiger partial charge in [0.2, 0.25) is 21.8 Å². The molecule has 1 atom stereocenters. The smallest absolute Gasteiger partial charge is 0.243 e. The molecule has 3 rings (SSSR count). The van der Waals surface area contributed by atoms with E-state index >= 15 is 0 Å². The van der Waals surface area contributed by atoms with Gasteiger partial charge in [-0.05, 0) is 49.6 Å². The zero-order chi connectivity index (χ0) is 29.3. The van der Waals surface area contributed by atoms with Gasteiger partial charge < -0.3 is 10.2 Å². The van der Waals surface area contributed by atoms with Crippen molar-refractivity contribution in [3.05, 3.63) is 100 Å². The lowest BCUT2D eigenvalue weighted by Gasteiger charge is -2.32. The standard InChI is InChI=1S/C30H35Cl2N3O4S/c1-22(2)33-30(37)28(19-23-11-6-4-7-12-23)34(21-24-13-8-5-9-14-24)29(36)15-10-18-35(40(3,38)39)27-20-25(31)16-17-26(27)32/h4-9,11-14,16-17,20,22,28H,10,15,18-19,21H2,1-3H3,(H,33,37). The molecule has 0 aromatic heterocycles. The second kappa shape index (κ2) is 14.5. The number of carbonyl (C=O) groups excluding carboxylic acids is 2. The average Bonchev–Trinajstić information content (AvgIpc) is 2.90. The molecule has 0 saturated heterocycles. The van der Waals surface area contributed by atoms with Gasteiger partial charge in [-0.1, -0.05) is 83.9 Å². The number of nitrogens with one attached hydrogen (secondary N) is 1. The highest BCUT2D eigenvalue weighted by Gasteiger charge is 2.31. The number of rotatable bonds is 13. The van der Waals surface area contributed by atoms with E-state index in [-0.39, 0.29) is 54.5 Å². The fraction of sp³-hybridized carbons (Fsp3) is 0.333. The number of amides is 2. The third-order valence-electron chi connectivity index (χ3n) is 6.23. The van der Waals surface area contributed by atoms with E-state index in [1.54, 1.807) is 11.0 Å². The van der Waals surface area contributed by atoms with Crippen LogP contribution in [0.3, 0.4) is 0 Å². The summed E-state index contributed by atoms with van der Waals surface area (Å²) in [6.45, 7) is 4.01. The molecule has 0 radical (unpaired) electrons. The summed E-state index contributed by atoms with van der Waals surface area (Å²) in [5.74, 6) is -0.499. The van der Waals surface area contributed by atoms with Crippen LogP contribution in [0.2, 0.25) is 10.0 Å². The van der Waals surface area contributed by atoms with Crippen molar-refractivity contribution in [2.24, 2.45) is 0 Å². The molecule has 3 aromatic rings. The van der Waals surface area contributed by atoms with Gasteiger partial charge in [0.15, 0.2) is 0 Å². The fourth-order valence-electron chi connectivity index (χ4n) is 4.37. The van der Waals surface area contributed by atoms with Gasteiger partial charge in [-0.2, -0.15) is 0 Å². The molecule has 0 aliphatic rings. The van der Waals surface area contributed by atoms with E-state index in [4.69, 9.17) is 23.2 Å². The maximum atomic E-state index is 13.8. The zero-order valence-electron chi connectivity index (χ0n) is 22.9. The predicted molar refractivity (Wildman–Crippen MR) is 162 cm³/mol. The first kappa shape index (κ1) is 31.5. The SMILES string of the molecule is CC(C)NC(=O)C(Cc1ccccc1)N(Cc1ccccc1)C(=O)CCCN(c1cc(Cl)ccc1Cl)S(C)(=O)=O. The Labute approximate surface area is 247 Å². The zero-order valence-corrected chi connectivity index (χ0v) is 25.2. The van der Waals surface area contributed by atoms with E-state index in [1.807, 2.05) is 74.5 Å². The number of anilines is 1. The molecule has 0 spiro atoms. The normalized spacial score (nSPS) is 12.2. The van der Waals surface area contributed by atoms with Crippen molar-refractivity contribution < 1.29 is 18.0 Å². The van der Waals surface area contributed by atoms with E-state index in [2.05, 4.69) is 5.32 Å². The van der Waals surface area contributed by atoms with Gasteiger partial charge in [0.25, 0.3) is 0 Å². The molecule has 2 amide bonds. The second-order valence-electron chi connectivity index (χ2n) is 9.91. The largest absolute Gasteiger partial charge is 0.352 e. The van der Waals surface area contributed by atoms with Crippen molar-refractivity contribution in [1.29, 1.82) is 0 Å². The first-order valence-corrected chi connectivity index (χ1v) is 15.7. The number of benzene rings is 3. The number of nitrogens with zero attached hydrogens (tertiary/aromatic N) is 2. The third kappa shape index (κ3) is 9.25.